The molecule has 2 rings (SSSR count). The van der Waals surface area contributed by atoms with Crippen molar-refractivity contribution < 1.29 is 0 Å². The minimum atomic E-state index is 0.930. The first kappa shape index (κ1) is 12.9. The van der Waals surface area contributed by atoms with Crippen molar-refractivity contribution in [3.8, 4) is 0 Å². The van der Waals surface area contributed by atoms with Gasteiger partial charge >= 0.3 is 0 Å². The molecule has 1 aromatic carbocycles. The fourth-order valence-electron chi connectivity index (χ4n) is 2.23. The number of nitrogens with one attached hydrogen (secondary N) is 1. The normalized spacial score (nSPS) is 10.8. The van der Waals surface area contributed by atoms with Crippen molar-refractivity contribution in [1.82, 2.24) is 9.88 Å². The number of aryl methyl sites for hydroxylation is 2. The molecule has 0 saturated heterocycles. The first-order chi connectivity index (χ1) is 8.79. The van der Waals surface area contributed by atoms with Crippen LogP contribution in [0.2, 0.25) is 0 Å². The molecular weight excluding hydrogens is 220 g/mol. The van der Waals surface area contributed by atoms with Crippen molar-refractivity contribution in [2.75, 3.05) is 0 Å². The van der Waals surface area contributed by atoms with E-state index in [1.165, 1.54) is 23.2 Å². The third kappa shape index (κ3) is 3.47. The number of hydrogen-bond donors (Lipinski definition) is 1. The zero-order chi connectivity index (χ0) is 12.8. The molecule has 2 aromatic rings. The van der Waals surface area contributed by atoms with Gasteiger partial charge < -0.3 is 9.88 Å². The molecule has 1 N–H and O–H groups in total. The molecule has 0 aliphatic heterocycles. The third-order valence-corrected chi connectivity index (χ3v) is 3.11. The van der Waals surface area contributed by atoms with Crippen molar-refractivity contribution in [2.24, 2.45) is 0 Å². The minimum absolute atomic E-state index is 0.930. The highest BCUT2D eigenvalue weighted by Gasteiger charge is 1.99. The van der Waals surface area contributed by atoms with Crippen LogP contribution in [-0.2, 0) is 19.6 Å². The van der Waals surface area contributed by atoms with Crippen LogP contribution in [0.3, 0.4) is 0 Å². The molecule has 96 valence electrons. The third-order valence-electron chi connectivity index (χ3n) is 3.11. The highest BCUT2D eigenvalue weighted by atomic mass is 15.0. The van der Waals surface area contributed by atoms with Gasteiger partial charge in [0.15, 0.2) is 0 Å². The molecule has 2 heteroatoms. The smallest absolute Gasteiger partial charge is 0.0362 e. The van der Waals surface area contributed by atoms with Crippen LogP contribution in [0.1, 0.15) is 30.2 Å². The van der Waals surface area contributed by atoms with Crippen molar-refractivity contribution in [1.29, 1.82) is 0 Å². The average Bonchev–Trinajstić information content (AvgIpc) is 2.78. The Hall–Kier alpha value is -1.54. The Bertz CT molecular complexity index is 485. The molecule has 0 radical (unpaired) electrons. The molecule has 1 aromatic heterocycles. The van der Waals surface area contributed by atoms with Gasteiger partial charge in [-0.1, -0.05) is 36.8 Å². The summed E-state index contributed by atoms with van der Waals surface area (Å²) in [4.78, 5) is 0. The molecule has 18 heavy (non-hydrogen) atoms. The van der Waals surface area contributed by atoms with Crippen molar-refractivity contribution >= 4 is 0 Å². The molecule has 0 unspecified atom stereocenters. The Kier molecular flexibility index (Phi) is 4.59. The van der Waals surface area contributed by atoms with E-state index in [1.54, 1.807) is 0 Å². The lowest BCUT2D eigenvalue weighted by molar-refractivity contribution is 0.602. The Morgan fingerprint density at radius 2 is 2.00 bits per heavy atom. The summed E-state index contributed by atoms with van der Waals surface area (Å²) >= 11 is 0. The van der Waals surface area contributed by atoms with Crippen LogP contribution in [0.15, 0.2) is 42.6 Å². The molecule has 0 spiro atoms. The van der Waals surface area contributed by atoms with Gasteiger partial charge in [0.2, 0.25) is 0 Å². The lowest BCUT2D eigenvalue weighted by Gasteiger charge is -2.09. The van der Waals surface area contributed by atoms with Crippen LogP contribution in [0.5, 0.6) is 0 Å². The fourth-order valence-corrected chi connectivity index (χ4v) is 2.23. The Morgan fingerprint density at radius 3 is 2.78 bits per heavy atom. The highest BCUT2D eigenvalue weighted by Crippen LogP contribution is 2.06. The molecule has 0 aliphatic carbocycles. The average molecular weight is 242 g/mol. The quantitative estimate of drug-likeness (QED) is 0.820. The fraction of sp³-hybridized carbons (Fsp3) is 0.375. The second kappa shape index (κ2) is 6.41. The number of hydrogen-bond acceptors (Lipinski definition) is 1. The summed E-state index contributed by atoms with van der Waals surface area (Å²) in [6, 6.07) is 13.0. The van der Waals surface area contributed by atoms with Gasteiger partial charge in [0.1, 0.15) is 0 Å². The van der Waals surface area contributed by atoms with E-state index in [-0.39, 0.29) is 0 Å². The first-order valence-electron chi connectivity index (χ1n) is 6.70. The standard InChI is InChI=1S/C16H22N2/c1-3-9-18-10-5-8-16(18)13-17-12-15-7-4-6-14(2)11-15/h4-8,10-11,17H,3,9,12-13H2,1-2H3. The number of nitrogens with zero attached hydrogens (tertiary/aromatic N) is 1. The summed E-state index contributed by atoms with van der Waals surface area (Å²) in [5.41, 5.74) is 4.04. The molecule has 0 aliphatic rings. The van der Waals surface area contributed by atoms with E-state index in [1.807, 2.05) is 0 Å². The van der Waals surface area contributed by atoms with Gasteiger partial charge in [-0.3, -0.25) is 0 Å². The van der Waals surface area contributed by atoms with Crippen molar-refractivity contribution in [3.63, 3.8) is 0 Å². The maximum absolute atomic E-state index is 3.51. The van der Waals surface area contributed by atoms with Gasteiger partial charge in [0.25, 0.3) is 0 Å². The molecule has 0 amide bonds. The van der Waals surface area contributed by atoms with Crippen LogP contribution in [-0.4, -0.2) is 4.57 Å². The summed E-state index contributed by atoms with van der Waals surface area (Å²) in [6.45, 7) is 7.31. The van der Waals surface area contributed by atoms with E-state index >= 15 is 0 Å². The van der Waals surface area contributed by atoms with E-state index in [4.69, 9.17) is 0 Å². The predicted octanol–water partition coefficient (Wildman–Crippen LogP) is 3.50. The van der Waals surface area contributed by atoms with Crippen LogP contribution in [0.4, 0.5) is 0 Å². The number of aromatic nitrogens is 1. The van der Waals surface area contributed by atoms with Gasteiger partial charge in [-0.25, -0.2) is 0 Å². The zero-order valence-corrected chi connectivity index (χ0v) is 11.3. The maximum atomic E-state index is 3.51. The molecule has 0 saturated carbocycles. The molecule has 0 atom stereocenters. The molecular formula is C16H22N2. The van der Waals surface area contributed by atoms with Gasteiger partial charge in [-0.2, -0.15) is 0 Å². The monoisotopic (exact) mass is 242 g/mol. The molecule has 0 bridgehead atoms. The second-order valence-electron chi connectivity index (χ2n) is 4.79. The van der Waals surface area contributed by atoms with Crippen LogP contribution >= 0.6 is 0 Å². The van der Waals surface area contributed by atoms with E-state index in [0.29, 0.717) is 0 Å². The van der Waals surface area contributed by atoms with Crippen LogP contribution in [0, 0.1) is 6.92 Å². The summed E-state index contributed by atoms with van der Waals surface area (Å²) in [5, 5.41) is 3.51. The largest absolute Gasteiger partial charge is 0.350 e. The minimum Gasteiger partial charge on any atom is -0.350 e. The van der Waals surface area contributed by atoms with E-state index in [2.05, 4.69) is 66.3 Å². The van der Waals surface area contributed by atoms with E-state index in [9.17, 15) is 0 Å². The molecule has 2 nitrogen and oxygen atoms in total. The predicted molar refractivity (Wildman–Crippen MR) is 76.4 cm³/mol. The zero-order valence-electron chi connectivity index (χ0n) is 11.3. The van der Waals surface area contributed by atoms with Crippen LogP contribution in [0.25, 0.3) is 0 Å². The maximum Gasteiger partial charge on any atom is 0.0362 e. The summed E-state index contributed by atoms with van der Waals surface area (Å²) in [6.07, 6.45) is 3.34. The van der Waals surface area contributed by atoms with Crippen molar-refractivity contribution in [2.45, 2.75) is 39.9 Å². The van der Waals surface area contributed by atoms with Crippen molar-refractivity contribution in [3.05, 3.63) is 59.4 Å². The van der Waals surface area contributed by atoms with E-state index in [0.717, 1.165) is 19.6 Å². The number of rotatable bonds is 6. The first-order valence-corrected chi connectivity index (χ1v) is 6.70. The molecule has 1 heterocycles. The number of benzene rings is 1. The summed E-state index contributed by atoms with van der Waals surface area (Å²) in [5.74, 6) is 0. The summed E-state index contributed by atoms with van der Waals surface area (Å²) < 4.78 is 2.32. The Morgan fingerprint density at radius 1 is 1.11 bits per heavy atom. The van der Waals surface area contributed by atoms with E-state index < -0.39 is 0 Å². The lowest BCUT2D eigenvalue weighted by Crippen LogP contribution is -2.15. The SMILES string of the molecule is CCCn1cccc1CNCc1cccc(C)c1. The second-order valence-corrected chi connectivity index (χ2v) is 4.79. The Balaban J connectivity index is 1.86. The van der Waals surface area contributed by atoms with Gasteiger partial charge in [-0.15, -0.1) is 0 Å². The lowest BCUT2D eigenvalue weighted by atomic mass is 10.1. The molecule has 0 fully saturated rings. The van der Waals surface area contributed by atoms with Gasteiger partial charge in [0, 0.05) is 31.5 Å². The van der Waals surface area contributed by atoms with Gasteiger partial charge in [0.05, 0.1) is 0 Å². The summed E-state index contributed by atoms with van der Waals surface area (Å²) in [7, 11) is 0. The topological polar surface area (TPSA) is 17.0 Å². The van der Waals surface area contributed by atoms with Gasteiger partial charge in [-0.05, 0) is 31.0 Å². The Labute approximate surface area is 110 Å². The highest BCUT2D eigenvalue weighted by molar-refractivity contribution is 5.22. The van der Waals surface area contributed by atoms with Crippen LogP contribution < -0.4 is 5.32 Å².